The lowest BCUT2D eigenvalue weighted by molar-refractivity contribution is -0.143. The Bertz CT molecular complexity index is 390. The molecule has 1 N–H and O–H groups in total. The maximum absolute atomic E-state index is 11.9. The van der Waals surface area contributed by atoms with Gasteiger partial charge in [0.05, 0.1) is 13.0 Å². The average Bonchev–Trinajstić information content (AvgIpc) is 2.34. The fraction of sp³-hybridized carbons (Fsp3) is 0.500. The zero-order chi connectivity index (χ0) is 13.0. The van der Waals surface area contributed by atoms with Gasteiger partial charge in [0.2, 0.25) is 0 Å². The average molecular weight is 248 g/mol. The summed E-state index contributed by atoms with van der Waals surface area (Å²) in [5.41, 5.74) is 1.02. The molecule has 2 rings (SSSR count). The number of esters is 1. The third kappa shape index (κ3) is 2.89. The molecular weight excluding hydrogens is 228 g/mol. The van der Waals surface area contributed by atoms with Crippen LogP contribution >= 0.6 is 0 Å². The molecule has 1 atom stereocenters. The topological polar surface area (TPSA) is 41.6 Å². The molecule has 1 aromatic rings. The first-order valence-electron chi connectivity index (χ1n) is 6.26. The van der Waals surface area contributed by atoms with Crippen LogP contribution in [0.2, 0.25) is 0 Å². The molecule has 0 spiro atoms. The molecule has 1 fully saturated rings. The van der Waals surface area contributed by atoms with Crippen LogP contribution in [-0.2, 0) is 9.53 Å². The Morgan fingerprint density at radius 2 is 2.11 bits per heavy atom. The molecule has 1 aromatic carbocycles. The van der Waals surface area contributed by atoms with Gasteiger partial charge in [-0.05, 0) is 12.6 Å². The van der Waals surface area contributed by atoms with Crippen molar-refractivity contribution in [1.29, 1.82) is 0 Å². The van der Waals surface area contributed by atoms with Gasteiger partial charge >= 0.3 is 5.97 Å². The Kier molecular flexibility index (Phi) is 4.33. The summed E-state index contributed by atoms with van der Waals surface area (Å²) in [5.74, 6) is -0.373. The zero-order valence-corrected chi connectivity index (χ0v) is 10.9. The van der Waals surface area contributed by atoms with Crippen LogP contribution in [0.4, 0.5) is 0 Å². The van der Waals surface area contributed by atoms with Crippen molar-refractivity contribution < 1.29 is 9.53 Å². The van der Waals surface area contributed by atoms with Crippen LogP contribution < -0.4 is 5.32 Å². The molecule has 1 aliphatic heterocycles. The standard InChI is InChI=1S/C14H20N2O2/c1-16(12-8-15-9-12)10-13(14(17)18-2)11-6-4-3-5-7-11/h3-7,12-13,15H,8-10H2,1-2H3. The van der Waals surface area contributed by atoms with Gasteiger partial charge in [-0.15, -0.1) is 0 Å². The molecule has 0 amide bonds. The highest BCUT2D eigenvalue weighted by Gasteiger charge is 2.28. The summed E-state index contributed by atoms with van der Waals surface area (Å²) in [6.45, 7) is 2.70. The smallest absolute Gasteiger partial charge is 0.314 e. The number of rotatable bonds is 5. The summed E-state index contributed by atoms with van der Waals surface area (Å²) in [5, 5.41) is 3.24. The number of hydrogen-bond donors (Lipinski definition) is 1. The Labute approximate surface area is 108 Å². The van der Waals surface area contributed by atoms with Crippen molar-refractivity contribution >= 4 is 5.97 Å². The number of ether oxygens (including phenoxy) is 1. The van der Waals surface area contributed by atoms with Crippen molar-refractivity contribution in [2.45, 2.75) is 12.0 Å². The number of nitrogens with zero attached hydrogens (tertiary/aromatic N) is 1. The van der Waals surface area contributed by atoms with Crippen molar-refractivity contribution in [2.75, 3.05) is 33.8 Å². The SMILES string of the molecule is COC(=O)C(CN(C)C1CNC1)c1ccccc1. The van der Waals surface area contributed by atoms with Crippen LogP contribution in [-0.4, -0.2) is 50.7 Å². The van der Waals surface area contributed by atoms with Crippen LogP contribution in [0.15, 0.2) is 30.3 Å². The number of carbonyl (C=O) groups is 1. The van der Waals surface area contributed by atoms with E-state index in [1.54, 1.807) is 0 Å². The van der Waals surface area contributed by atoms with Crippen LogP contribution in [0.25, 0.3) is 0 Å². The second-order valence-corrected chi connectivity index (χ2v) is 4.74. The van der Waals surface area contributed by atoms with Crippen molar-refractivity contribution in [3.05, 3.63) is 35.9 Å². The maximum atomic E-state index is 11.9. The largest absolute Gasteiger partial charge is 0.469 e. The van der Waals surface area contributed by atoms with E-state index in [0.717, 1.165) is 18.7 Å². The summed E-state index contributed by atoms with van der Waals surface area (Å²) in [6.07, 6.45) is 0. The van der Waals surface area contributed by atoms with E-state index in [1.165, 1.54) is 7.11 Å². The first kappa shape index (κ1) is 13.1. The van der Waals surface area contributed by atoms with E-state index in [4.69, 9.17) is 4.74 Å². The summed E-state index contributed by atoms with van der Waals surface area (Å²) in [6, 6.07) is 10.4. The molecule has 1 heterocycles. The summed E-state index contributed by atoms with van der Waals surface area (Å²) in [4.78, 5) is 14.1. The molecule has 0 radical (unpaired) electrons. The minimum Gasteiger partial charge on any atom is -0.469 e. The second kappa shape index (κ2) is 5.98. The molecule has 1 unspecified atom stereocenters. The van der Waals surface area contributed by atoms with E-state index in [2.05, 4.69) is 17.3 Å². The molecule has 4 heteroatoms. The van der Waals surface area contributed by atoms with Gasteiger partial charge in [-0.2, -0.15) is 0 Å². The highest BCUT2D eigenvalue weighted by molar-refractivity contribution is 5.78. The molecular formula is C14H20N2O2. The van der Waals surface area contributed by atoms with Crippen molar-refractivity contribution in [2.24, 2.45) is 0 Å². The third-order valence-corrected chi connectivity index (χ3v) is 3.54. The van der Waals surface area contributed by atoms with E-state index >= 15 is 0 Å². The lowest BCUT2D eigenvalue weighted by atomic mass is 9.97. The number of methoxy groups -OCH3 is 1. The fourth-order valence-electron chi connectivity index (χ4n) is 2.17. The molecule has 98 valence electrons. The van der Waals surface area contributed by atoms with E-state index in [0.29, 0.717) is 12.6 Å². The molecule has 1 saturated heterocycles. The van der Waals surface area contributed by atoms with Crippen LogP contribution in [0.3, 0.4) is 0 Å². The Hall–Kier alpha value is -1.39. The molecule has 0 aromatic heterocycles. The van der Waals surface area contributed by atoms with Gasteiger partial charge in [0, 0.05) is 25.7 Å². The summed E-state index contributed by atoms with van der Waals surface area (Å²) in [7, 11) is 3.51. The van der Waals surface area contributed by atoms with Crippen molar-refractivity contribution in [3.63, 3.8) is 0 Å². The van der Waals surface area contributed by atoms with Crippen LogP contribution in [0.1, 0.15) is 11.5 Å². The Morgan fingerprint density at radius 1 is 1.44 bits per heavy atom. The first-order valence-corrected chi connectivity index (χ1v) is 6.26. The summed E-state index contributed by atoms with van der Waals surface area (Å²) < 4.78 is 4.92. The van der Waals surface area contributed by atoms with Gasteiger partial charge in [0.1, 0.15) is 0 Å². The monoisotopic (exact) mass is 248 g/mol. The van der Waals surface area contributed by atoms with E-state index in [-0.39, 0.29) is 11.9 Å². The van der Waals surface area contributed by atoms with E-state index in [1.807, 2.05) is 30.3 Å². The number of carbonyl (C=O) groups excluding carboxylic acids is 1. The molecule has 4 nitrogen and oxygen atoms in total. The Morgan fingerprint density at radius 3 is 2.61 bits per heavy atom. The third-order valence-electron chi connectivity index (χ3n) is 3.54. The molecule has 18 heavy (non-hydrogen) atoms. The number of hydrogen-bond acceptors (Lipinski definition) is 4. The van der Waals surface area contributed by atoms with E-state index < -0.39 is 0 Å². The molecule has 0 aliphatic carbocycles. The first-order chi connectivity index (χ1) is 8.72. The number of likely N-dealkylation sites (N-methyl/N-ethyl adjacent to an activating group) is 1. The van der Waals surface area contributed by atoms with Gasteiger partial charge in [0.25, 0.3) is 0 Å². The van der Waals surface area contributed by atoms with Crippen molar-refractivity contribution in [3.8, 4) is 0 Å². The minimum atomic E-state index is -0.207. The molecule has 1 aliphatic rings. The van der Waals surface area contributed by atoms with Crippen LogP contribution in [0.5, 0.6) is 0 Å². The van der Waals surface area contributed by atoms with Gasteiger partial charge in [-0.3, -0.25) is 9.69 Å². The zero-order valence-electron chi connectivity index (χ0n) is 10.9. The fourth-order valence-corrected chi connectivity index (χ4v) is 2.17. The lowest BCUT2D eigenvalue weighted by Crippen LogP contribution is -2.56. The van der Waals surface area contributed by atoms with Gasteiger partial charge in [-0.25, -0.2) is 0 Å². The normalized spacial score (nSPS) is 17.3. The summed E-state index contributed by atoms with van der Waals surface area (Å²) >= 11 is 0. The highest BCUT2D eigenvalue weighted by Crippen LogP contribution is 2.19. The van der Waals surface area contributed by atoms with Crippen molar-refractivity contribution in [1.82, 2.24) is 10.2 Å². The predicted molar refractivity (Wildman–Crippen MR) is 70.5 cm³/mol. The minimum absolute atomic E-state index is 0.166. The van der Waals surface area contributed by atoms with E-state index in [9.17, 15) is 4.79 Å². The van der Waals surface area contributed by atoms with Crippen LogP contribution in [0, 0.1) is 0 Å². The van der Waals surface area contributed by atoms with Gasteiger partial charge in [0.15, 0.2) is 0 Å². The molecule has 0 bridgehead atoms. The number of benzene rings is 1. The second-order valence-electron chi connectivity index (χ2n) is 4.74. The number of nitrogens with one attached hydrogen (secondary N) is 1. The lowest BCUT2D eigenvalue weighted by Gasteiger charge is -2.37. The van der Waals surface area contributed by atoms with Gasteiger partial charge in [-0.1, -0.05) is 30.3 Å². The highest BCUT2D eigenvalue weighted by atomic mass is 16.5. The Balaban J connectivity index is 2.07. The molecule has 0 saturated carbocycles. The van der Waals surface area contributed by atoms with Gasteiger partial charge < -0.3 is 10.1 Å². The maximum Gasteiger partial charge on any atom is 0.314 e. The predicted octanol–water partition coefficient (Wildman–Crippen LogP) is 0.847. The quantitative estimate of drug-likeness (QED) is 0.784.